The maximum atomic E-state index is 12.6. The summed E-state index contributed by atoms with van der Waals surface area (Å²) in [6.07, 6.45) is 3.37. The number of carbonyl (C=O) groups excluding carboxylic acids is 1. The summed E-state index contributed by atoms with van der Waals surface area (Å²) in [6.45, 7) is 4.80. The van der Waals surface area contributed by atoms with E-state index in [0.717, 1.165) is 44.5 Å². The normalized spacial score (nSPS) is 11.4. The molecule has 0 fully saturated rings. The molecule has 0 saturated carbocycles. The van der Waals surface area contributed by atoms with E-state index in [9.17, 15) is 4.79 Å². The molecule has 4 aromatic rings. The van der Waals surface area contributed by atoms with E-state index in [0.29, 0.717) is 18.9 Å². The lowest BCUT2D eigenvalue weighted by Crippen LogP contribution is -2.20. The van der Waals surface area contributed by atoms with Crippen LogP contribution in [0.5, 0.6) is 11.5 Å². The summed E-state index contributed by atoms with van der Waals surface area (Å²) in [5, 5.41) is 3.92. The Hall–Kier alpha value is -3.99. The third kappa shape index (κ3) is 5.09. The van der Waals surface area contributed by atoms with Crippen LogP contribution < -0.4 is 14.8 Å². The predicted molar refractivity (Wildman–Crippen MR) is 131 cm³/mol. The van der Waals surface area contributed by atoms with Gasteiger partial charge in [0.1, 0.15) is 17.1 Å². The van der Waals surface area contributed by atoms with Crippen molar-refractivity contribution in [3.05, 3.63) is 90.2 Å². The van der Waals surface area contributed by atoms with Gasteiger partial charge in [0.05, 0.1) is 20.0 Å². The van der Waals surface area contributed by atoms with Crippen molar-refractivity contribution in [3.63, 3.8) is 0 Å². The molecule has 4 rings (SSSR count). The topological polar surface area (TPSA) is 60.7 Å². The molecular formula is C28H27NO4. The quantitative estimate of drug-likeness (QED) is 0.330. The smallest absolute Gasteiger partial charge is 0.244 e. The van der Waals surface area contributed by atoms with Gasteiger partial charge in [-0.2, -0.15) is 0 Å². The fraction of sp³-hybridized carbons (Fsp3) is 0.179. The Balaban J connectivity index is 1.60. The van der Waals surface area contributed by atoms with Gasteiger partial charge in [-0.3, -0.25) is 4.79 Å². The Morgan fingerprint density at radius 3 is 2.52 bits per heavy atom. The van der Waals surface area contributed by atoms with Gasteiger partial charge in [-0.25, -0.2) is 0 Å². The number of hydrogen-bond acceptors (Lipinski definition) is 4. The molecule has 0 aliphatic carbocycles. The molecule has 3 aromatic carbocycles. The van der Waals surface area contributed by atoms with E-state index in [2.05, 4.69) is 17.4 Å². The molecule has 0 saturated heterocycles. The minimum Gasteiger partial charge on any atom is -0.497 e. The number of nitrogens with one attached hydrogen (secondary N) is 1. The zero-order chi connectivity index (χ0) is 23.2. The van der Waals surface area contributed by atoms with E-state index in [-0.39, 0.29) is 5.91 Å². The van der Waals surface area contributed by atoms with Crippen molar-refractivity contribution in [1.29, 1.82) is 0 Å². The Bertz CT molecular complexity index is 1270. The van der Waals surface area contributed by atoms with Crippen LogP contribution in [0.1, 0.15) is 25.0 Å². The maximum absolute atomic E-state index is 12.6. The summed E-state index contributed by atoms with van der Waals surface area (Å²) < 4.78 is 16.9. The first-order valence-electron chi connectivity index (χ1n) is 10.9. The first kappa shape index (κ1) is 22.2. The minimum atomic E-state index is -0.165. The van der Waals surface area contributed by atoms with Crippen molar-refractivity contribution in [3.8, 4) is 22.6 Å². The van der Waals surface area contributed by atoms with Gasteiger partial charge in [0.2, 0.25) is 5.91 Å². The van der Waals surface area contributed by atoms with Crippen LogP contribution >= 0.6 is 0 Å². The van der Waals surface area contributed by atoms with Crippen molar-refractivity contribution in [2.75, 3.05) is 13.7 Å². The molecule has 0 bridgehead atoms. The number of benzene rings is 3. The predicted octanol–water partition coefficient (Wildman–Crippen LogP) is 6.23. The van der Waals surface area contributed by atoms with Gasteiger partial charge in [-0.1, -0.05) is 42.5 Å². The number of amides is 1. The molecule has 0 atom stereocenters. The highest BCUT2D eigenvalue weighted by atomic mass is 16.5. The van der Waals surface area contributed by atoms with Gasteiger partial charge >= 0.3 is 0 Å². The highest BCUT2D eigenvalue weighted by molar-refractivity contribution is 6.00. The van der Waals surface area contributed by atoms with E-state index in [1.165, 1.54) is 0 Å². The van der Waals surface area contributed by atoms with Gasteiger partial charge in [0.15, 0.2) is 0 Å². The Morgan fingerprint density at radius 2 is 1.82 bits per heavy atom. The van der Waals surface area contributed by atoms with Crippen LogP contribution in [0.2, 0.25) is 0 Å². The van der Waals surface area contributed by atoms with Crippen molar-refractivity contribution < 1.29 is 18.7 Å². The summed E-state index contributed by atoms with van der Waals surface area (Å²) >= 11 is 0. The van der Waals surface area contributed by atoms with E-state index >= 15 is 0 Å². The third-order valence-electron chi connectivity index (χ3n) is 5.46. The van der Waals surface area contributed by atoms with Gasteiger partial charge in [0.25, 0.3) is 0 Å². The number of allylic oxidation sites excluding steroid dienone is 1. The Kier molecular flexibility index (Phi) is 6.79. The number of fused-ring (bicyclic) bond motifs is 1. The first-order chi connectivity index (χ1) is 16.1. The summed E-state index contributed by atoms with van der Waals surface area (Å²) in [5.74, 6) is 1.31. The molecule has 0 aliphatic rings. The van der Waals surface area contributed by atoms with Crippen molar-refractivity contribution in [1.82, 2.24) is 5.32 Å². The zero-order valence-electron chi connectivity index (χ0n) is 19.1. The molecule has 0 aliphatic heterocycles. The summed E-state index contributed by atoms with van der Waals surface area (Å²) in [4.78, 5) is 12.6. The van der Waals surface area contributed by atoms with Gasteiger partial charge in [-0.15, -0.1) is 0 Å². The van der Waals surface area contributed by atoms with Crippen molar-refractivity contribution >= 4 is 22.4 Å². The molecule has 5 nitrogen and oxygen atoms in total. The highest BCUT2D eigenvalue weighted by Crippen LogP contribution is 2.37. The summed E-state index contributed by atoms with van der Waals surface area (Å²) in [7, 11) is 1.63. The molecule has 1 N–H and O–H groups in total. The van der Waals surface area contributed by atoms with Crippen molar-refractivity contribution in [2.45, 2.75) is 20.4 Å². The lowest BCUT2D eigenvalue weighted by molar-refractivity contribution is -0.116. The molecule has 168 valence electrons. The summed E-state index contributed by atoms with van der Waals surface area (Å²) in [5.41, 5.74) is 5.50. The second-order valence-electron chi connectivity index (χ2n) is 7.69. The minimum absolute atomic E-state index is 0.165. The molecule has 1 aromatic heterocycles. The fourth-order valence-corrected chi connectivity index (χ4v) is 3.74. The zero-order valence-corrected chi connectivity index (χ0v) is 19.1. The van der Waals surface area contributed by atoms with E-state index < -0.39 is 0 Å². The van der Waals surface area contributed by atoms with Crippen LogP contribution in [0.25, 0.3) is 27.7 Å². The molecule has 1 heterocycles. The van der Waals surface area contributed by atoms with Crippen LogP contribution in [0.4, 0.5) is 0 Å². The fourth-order valence-electron chi connectivity index (χ4n) is 3.74. The number of hydrogen-bond donors (Lipinski definition) is 1. The molecule has 0 spiro atoms. The molecule has 33 heavy (non-hydrogen) atoms. The van der Waals surface area contributed by atoms with Crippen molar-refractivity contribution in [2.24, 2.45) is 0 Å². The first-order valence-corrected chi connectivity index (χ1v) is 10.9. The monoisotopic (exact) mass is 441 g/mol. The average Bonchev–Trinajstić information content (AvgIpc) is 3.26. The van der Waals surface area contributed by atoms with Crippen LogP contribution in [0.3, 0.4) is 0 Å². The van der Waals surface area contributed by atoms with Crippen LogP contribution in [-0.4, -0.2) is 19.6 Å². The van der Waals surface area contributed by atoms with E-state index in [1.54, 1.807) is 19.4 Å². The lowest BCUT2D eigenvalue weighted by Gasteiger charge is -2.12. The molecular weight excluding hydrogens is 414 g/mol. The average molecular weight is 442 g/mol. The van der Waals surface area contributed by atoms with Gasteiger partial charge < -0.3 is 19.2 Å². The van der Waals surface area contributed by atoms with Gasteiger partial charge in [0, 0.05) is 35.2 Å². The molecule has 0 unspecified atom stereocenters. The number of carbonyl (C=O) groups is 1. The third-order valence-corrected chi connectivity index (χ3v) is 5.46. The van der Waals surface area contributed by atoms with E-state index in [1.807, 2.05) is 68.4 Å². The lowest BCUT2D eigenvalue weighted by atomic mass is 9.99. The Labute approximate surface area is 193 Å². The SMILES string of the molecule is CCOc1cc2occ(-c3ccccc3)c2cc1/C(C)=C/C(=O)NCc1ccc(OC)cc1. The number of rotatable bonds is 8. The van der Waals surface area contributed by atoms with Crippen LogP contribution in [0, 0.1) is 0 Å². The second-order valence-corrected chi connectivity index (χ2v) is 7.69. The van der Waals surface area contributed by atoms with Crippen LogP contribution in [-0.2, 0) is 11.3 Å². The standard InChI is InChI=1S/C28H27NO4/c1-4-32-26-16-27-24(25(18-33-27)21-8-6-5-7-9-21)15-23(26)19(2)14-28(30)29-17-20-10-12-22(31-3)13-11-20/h5-16,18H,4,17H2,1-3H3,(H,29,30)/b19-14+. The molecule has 5 heteroatoms. The molecule has 0 radical (unpaired) electrons. The largest absolute Gasteiger partial charge is 0.497 e. The Morgan fingerprint density at radius 1 is 1.06 bits per heavy atom. The number of methoxy groups -OCH3 is 1. The summed E-state index contributed by atoms with van der Waals surface area (Å²) in [6, 6.07) is 21.6. The molecule has 1 amide bonds. The van der Waals surface area contributed by atoms with Gasteiger partial charge in [-0.05, 0) is 48.7 Å². The van der Waals surface area contributed by atoms with Crippen LogP contribution in [0.15, 0.2) is 83.5 Å². The number of furan rings is 1. The van der Waals surface area contributed by atoms with E-state index in [4.69, 9.17) is 13.9 Å². The highest BCUT2D eigenvalue weighted by Gasteiger charge is 2.15. The second kappa shape index (κ2) is 10.1. The maximum Gasteiger partial charge on any atom is 0.244 e. The number of ether oxygens (including phenoxy) is 2.